The molecule has 0 unspecified atom stereocenters. The van der Waals surface area contributed by atoms with E-state index >= 15 is 0 Å². The third-order valence-corrected chi connectivity index (χ3v) is 6.52. The molecule has 3 aromatic carbocycles. The minimum atomic E-state index is -0.211. The highest BCUT2D eigenvalue weighted by Crippen LogP contribution is 2.40. The standard InChI is InChI=1S/C31H37BrN2O3/c1-30(2,3)25-16-22(17-26(29(25)36)31(4,5)6)12-15-28(35)34-33-19-23-18-24(32)13-14-27(23)37-20-21-10-8-7-9-11-21/h7-11,13-14,16-19,36H,12,15,20H2,1-6H3,(H,34,35)/b33-19-. The molecule has 0 saturated heterocycles. The third kappa shape index (κ3) is 8.19. The number of hydrogen-bond donors (Lipinski definition) is 2. The maximum absolute atomic E-state index is 12.6. The maximum Gasteiger partial charge on any atom is 0.240 e. The fourth-order valence-electron chi connectivity index (χ4n) is 3.96. The largest absolute Gasteiger partial charge is 0.507 e. The summed E-state index contributed by atoms with van der Waals surface area (Å²) in [4.78, 5) is 12.6. The Morgan fingerprint density at radius 2 is 1.57 bits per heavy atom. The van der Waals surface area contributed by atoms with E-state index < -0.39 is 0 Å². The van der Waals surface area contributed by atoms with Crippen LogP contribution in [-0.2, 0) is 28.7 Å². The first-order valence-electron chi connectivity index (χ1n) is 12.5. The minimum Gasteiger partial charge on any atom is -0.507 e. The molecule has 0 radical (unpaired) electrons. The number of phenols is 1. The maximum atomic E-state index is 12.6. The molecular formula is C31H37BrN2O3. The Labute approximate surface area is 229 Å². The lowest BCUT2D eigenvalue weighted by atomic mass is 9.78. The predicted molar refractivity (Wildman–Crippen MR) is 154 cm³/mol. The van der Waals surface area contributed by atoms with Crippen molar-refractivity contribution < 1.29 is 14.6 Å². The summed E-state index contributed by atoms with van der Waals surface area (Å²) in [6.07, 6.45) is 2.43. The predicted octanol–water partition coefficient (Wildman–Crippen LogP) is 7.41. The van der Waals surface area contributed by atoms with E-state index in [0.29, 0.717) is 24.5 Å². The highest BCUT2D eigenvalue weighted by molar-refractivity contribution is 9.10. The second kappa shape index (κ2) is 12.0. The molecule has 0 heterocycles. The lowest BCUT2D eigenvalue weighted by Crippen LogP contribution is -2.20. The van der Waals surface area contributed by atoms with Crippen LogP contribution in [0.3, 0.4) is 0 Å². The summed E-state index contributed by atoms with van der Waals surface area (Å²) in [5.74, 6) is 0.844. The summed E-state index contributed by atoms with van der Waals surface area (Å²) in [5, 5.41) is 15.1. The molecule has 3 rings (SSSR count). The van der Waals surface area contributed by atoms with Crippen molar-refractivity contribution >= 4 is 28.1 Å². The van der Waals surface area contributed by atoms with E-state index in [0.717, 1.165) is 32.3 Å². The molecule has 0 aromatic heterocycles. The Morgan fingerprint density at radius 1 is 0.946 bits per heavy atom. The van der Waals surface area contributed by atoms with Gasteiger partial charge in [0.15, 0.2) is 0 Å². The van der Waals surface area contributed by atoms with Crippen LogP contribution in [-0.4, -0.2) is 17.2 Å². The number of hydrogen-bond acceptors (Lipinski definition) is 4. The van der Waals surface area contributed by atoms with Gasteiger partial charge in [0.25, 0.3) is 0 Å². The number of aromatic hydroxyl groups is 1. The molecule has 37 heavy (non-hydrogen) atoms. The second-order valence-electron chi connectivity index (χ2n) is 11.3. The molecule has 0 aliphatic carbocycles. The molecule has 3 aromatic rings. The minimum absolute atomic E-state index is 0.180. The third-order valence-electron chi connectivity index (χ3n) is 6.03. The van der Waals surface area contributed by atoms with Crippen LogP contribution in [0.4, 0.5) is 0 Å². The second-order valence-corrected chi connectivity index (χ2v) is 12.2. The average Bonchev–Trinajstić information content (AvgIpc) is 2.82. The van der Waals surface area contributed by atoms with Gasteiger partial charge in [-0.05, 0) is 57.7 Å². The van der Waals surface area contributed by atoms with Crippen molar-refractivity contribution in [1.82, 2.24) is 5.43 Å². The number of nitrogens with one attached hydrogen (secondary N) is 1. The number of carbonyl (C=O) groups excluding carboxylic acids is 1. The topological polar surface area (TPSA) is 70.9 Å². The molecular weight excluding hydrogens is 528 g/mol. The molecule has 6 heteroatoms. The highest BCUT2D eigenvalue weighted by atomic mass is 79.9. The first-order valence-corrected chi connectivity index (χ1v) is 13.3. The van der Waals surface area contributed by atoms with Gasteiger partial charge >= 0.3 is 0 Å². The molecule has 0 atom stereocenters. The van der Waals surface area contributed by atoms with Gasteiger partial charge in [-0.25, -0.2) is 5.43 Å². The van der Waals surface area contributed by atoms with Crippen molar-refractivity contribution in [3.05, 3.63) is 93.0 Å². The molecule has 196 valence electrons. The van der Waals surface area contributed by atoms with E-state index in [1.54, 1.807) is 6.21 Å². The number of amides is 1. The zero-order chi connectivity index (χ0) is 27.2. The van der Waals surface area contributed by atoms with Crippen molar-refractivity contribution in [2.24, 2.45) is 5.10 Å². The summed E-state index contributed by atoms with van der Waals surface area (Å²) < 4.78 is 6.88. The number of ether oxygens (including phenoxy) is 1. The molecule has 2 N–H and O–H groups in total. The fraction of sp³-hybridized carbons (Fsp3) is 0.355. The van der Waals surface area contributed by atoms with Gasteiger partial charge in [-0.3, -0.25) is 4.79 Å². The van der Waals surface area contributed by atoms with Gasteiger partial charge in [0.2, 0.25) is 5.91 Å². The summed E-state index contributed by atoms with van der Waals surface area (Å²) in [6.45, 7) is 12.9. The number of benzene rings is 3. The van der Waals surface area contributed by atoms with Crippen LogP contribution >= 0.6 is 15.9 Å². The van der Waals surface area contributed by atoms with E-state index in [1.807, 2.05) is 60.7 Å². The first kappa shape index (κ1) is 28.5. The Morgan fingerprint density at radius 3 is 2.16 bits per heavy atom. The molecule has 0 saturated carbocycles. The fourth-order valence-corrected chi connectivity index (χ4v) is 4.34. The van der Waals surface area contributed by atoms with Crippen LogP contribution in [0.15, 0.2) is 70.2 Å². The summed E-state index contributed by atoms with van der Waals surface area (Å²) in [5.41, 5.74) is 6.85. The van der Waals surface area contributed by atoms with Gasteiger partial charge in [-0.1, -0.05) is 99.9 Å². The number of aryl methyl sites for hydroxylation is 1. The monoisotopic (exact) mass is 564 g/mol. The van der Waals surface area contributed by atoms with Crippen molar-refractivity contribution in [2.45, 2.75) is 71.8 Å². The summed E-state index contributed by atoms with van der Waals surface area (Å²) >= 11 is 3.49. The molecule has 0 fully saturated rings. The highest BCUT2D eigenvalue weighted by Gasteiger charge is 2.26. The number of halogens is 1. The van der Waals surface area contributed by atoms with E-state index in [1.165, 1.54) is 0 Å². The van der Waals surface area contributed by atoms with E-state index in [9.17, 15) is 9.90 Å². The Bertz CT molecular complexity index is 1220. The Hall–Kier alpha value is -3.12. The van der Waals surface area contributed by atoms with Crippen LogP contribution in [0.2, 0.25) is 0 Å². The van der Waals surface area contributed by atoms with E-state index in [2.05, 4.69) is 68.0 Å². The normalized spacial score (nSPS) is 12.1. The average molecular weight is 566 g/mol. The molecule has 0 bridgehead atoms. The van der Waals surface area contributed by atoms with Gasteiger partial charge in [-0.2, -0.15) is 5.10 Å². The van der Waals surface area contributed by atoms with E-state index in [4.69, 9.17) is 4.74 Å². The molecule has 0 aliphatic heterocycles. The number of hydrazone groups is 1. The first-order chi connectivity index (χ1) is 17.3. The molecule has 1 amide bonds. The molecule has 5 nitrogen and oxygen atoms in total. The van der Waals surface area contributed by atoms with Crippen molar-refractivity contribution in [3.8, 4) is 11.5 Å². The zero-order valence-electron chi connectivity index (χ0n) is 22.6. The summed E-state index contributed by atoms with van der Waals surface area (Å²) in [6, 6.07) is 19.7. The zero-order valence-corrected chi connectivity index (χ0v) is 24.1. The van der Waals surface area contributed by atoms with Crippen molar-refractivity contribution in [2.75, 3.05) is 0 Å². The lowest BCUT2D eigenvalue weighted by Gasteiger charge is -2.28. The van der Waals surface area contributed by atoms with Gasteiger partial charge in [-0.15, -0.1) is 0 Å². The van der Waals surface area contributed by atoms with Gasteiger partial charge in [0.05, 0.1) is 6.21 Å². The van der Waals surface area contributed by atoms with Gasteiger partial charge in [0, 0.05) is 16.5 Å². The number of phenolic OH excluding ortho intramolecular Hbond substituents is 1. The van der Waals surface area contributed by atoms with Crippen LogP contribution in [0.5, 0.6) is 11.5 Å². The van der Waals surface area contributed by atoms with Gasteiger partial charge < -0.3 is 9.84 Å². The van der Waals surface area contributed by atoms with Crippen LogP contribution < -0.4 is 10.2 Å². The van der Waals surface area contributed by atoms with Crippen LogP contribution in [0.1, 0.15) is 75.8 Å². The quantitative estimate of drug-likeness (QED) is 0.221. The molecule has 0 spiro atoms. The summed E-state index contributed by atoms with van der Waals surface area (Å²) in [7, 11) is 0. The smallest absolute Gasteiger partial charge is 0.240 e. The number of nitrogens with zero attached hydrogens (tertiary/aromatic N) is 1. The molecule has 0 aliphatic rings. The van der Waals surface area contributed by atoms with Crippen LogP contribution in [0, 0.1) is 0 Å². The van der Waals surface area contributed by atoms with Crippen molar-refractivity contribution in [3.63, 3.8) is 0 Å². The van der Waals surface area contributed by atoms with Gasteiger partial charge in [0.1, 0.15) is 18.1 Å². The van der Waals surface area contributed by atoms with E-state index in [-0.39, 0.29) is 23.2 Å². The number of rotatable bonds is 8. The number of carbonyl (C=O) groups is 1. The van der Waals surface area contributed by atoms with Crippen LogP contribution in [0.25, 0.3) is 0 Å². The lowest BCUT2D eigenvalue weighted by molar-refractivity contribution is -0.121. The Balaban J connectivity index is 1.66. The Kier molecular flexibility index (Phi) is 9.19. The SMILES string of the molecule is CC(C)(C)c1cc(CCC(=O)N/N=C\c2cc(Br)ccc2OCc2ccccc2)cc(C(C)(C)C)c1O. The van der Waals surface area contributed by atoms with Crippen molar-refractivity contribution in [1.29, 1.82) is 0 Å².